The lowest BCUT2D eigenvalue weighted by atomic mass is 10.2. The highest BCUT2D eigenvalue weighted by Gasteiger charge is 2.11. The first-order chi connectivity index (χ1) is 7.25. The summed E-state index contributed by atoms with van der Waals surface area (Å²) in [6.45, 7) is 0. The van der Waals surface area contributed by atoms with Gasteiger partial charge in [0.05, 0.1) is 5.69 Å². The van der Waals surface area contributed by atoms with Crippen LogP contribution >= 0.6 is 0 Å². The number of nitrogens with zero attached hydrogens (tertiary/aromatic N) is 2. The highest BCUT2D eigenvalue weighted by atomic mass is 16.6. The molecule has 0 aromatic carbocycles. The zero-order valence-corrected chi connectivity index (χ0v) is 8.09. The molecule has 0 bridgehead atoms. The van der Waals surface area contributed by atoms with Gasteiger partial charge in [-0.15, -0.1) is 0 Å². The van der Waals surface area contributed by atoms with Crippen LogP contribution in [0.25, 0.3) is 0 Å². The van der Waals surface area contributed by atoms with E-state index < -0.39 is 4.92 Å². The van der Waals surface area contributed by atoms with Crippen molar-refractivity contribution in [2.45, 2.75) is 18.9 Å². The molecular formula is C10H11N3O2. The van der Waals surface area contributed by atoms with Crippen LogP contribution in [0.15, 0.2) is 30.5 Å². The van der Waals surface area contributed by atoms with Gasteiger partial charge in [0.1, 0.15) is 0 Å². The standard InChI is InChI=1S/C10H11N3O2/c14-13(15)10-6-5-9(7-11-10)12-8-3-1-2-4-8/h1-2,5-8,12H,3-4H2. The van der Waals surface area contributed by atoms with Crippen molar-refractivity contribution in [3.05, 3.63) is 40.6 Å². The second-order valence-corrected chi connectivity index (χ2v) is 3.45. The summed E-state index contributed by atoms with van der Waals surface area (Å²) in [5, 5.41) is 13.6. The van der Waals surface area contributed by atoms with E-state index in [-0.39, 0.29) is 5.82 Å². The third-order valence-electron chi connectivity index (χ3n) is 2.31. The summed E-state index contributed by atoms with van der Waals surface area (Å²) < 4.78 is 0. The number of nitro groups is 1. The molecule has 0 saturated heterocycles. The van der Waals surface area contributed by atoms with E-state index in [9.17, 15) is 10.1 Å². The molecule has 0 atom stereocenters. The normalized spacial score (nSPS) is 15.5. The molecule has 1 N–H and O–H groups in total. The number of aromatic nitrogens is 1. The first-order valence-electron chi connectivity index (χ1n) is 4.77. The maximum absolute atomic E-state index is 10.4. The number of nitrogens with one attached hydrogen (secondary N) is 1. The van der Waals surface area contributed by atoms with Gasteiger partial charge in [-0.05, 0) is 28.8 Å². The van der Waals surface area contributed by atoms with Crippen molar-refractivity contribution in [1.82, 2.24) is 4.98 Å². The van der Waals surface area contributed by atoms with E-state index >= 15 is 0 Å². The molecule has 0 saturated carbocycles. The molecule has 0 unspecified atom stereocenters. The minimum atomic E-state index is -0.499. The molecule has 78 valence electrons. The Hall–Kier alpha value is -1.91. The van der Waals surface area contributed by atoms with E-state index in [2.05, 4.69) is 22.5 Å². The minimum absolute atomic E-state index is 0.120. The fourth-order valence-electron chi connectivity index (χ4n) is 1.55. The van der Waals surface area contributed by atoms with Gasteiger partial charge in [-0.3, -0.25) is 0 Å². The van der Waals surface area contributed by atoms with Crippen molar-refractivity contribution in [1.29, 1.82) is 0 Å². The van der Waals surface area contributed by atoms with E-state index in [4.69, 9.17) is 0 Å². The van der Waals surface area contributed by atoms with Crippen LogP contribution in [0.3, 0.4) is 0 Å². The van der Waals surface area contributed by atoms with Crippen molar-refractivity contribution in [2.75, 3.05) is 5.32 Å². The Bertz CT molecular complexity index is 378. The van der Waals surface area contributed by atoms with Crippen LogP contribution < -0.4 is 5.32 Å². The summed E-state index contributed by atoms with van der Waals surface area (Å²) in [6, 6.07) is 3.49. The van der Waals surface area contributed by atoms with Crippen molar-refractivity contribution < 1.29 is 4.92 Å². The van der Waals surface area contributed by atoms with Crippen molar-refractivity contribution in [3.63, 3.8) is 0 Å². The van der Waals surface area contributed by atoms with Gasteiger partial charge in [-0.1, -0.05) is 12.2 Å². The number of rotatable bonds is 3. The second-order valence-electron chi connectivity index (χ2n) is 3.45. The summed E-state index contributed by atoms with van der Waals surface area (Å²) in [5.74, 6) is -0.120. The highest BCUT2D eigenvalue weighted by Crippen LogP contribution is 2.17. The first-order valence-corrected chi connectivity index (χ1v) is 4.77. The van der Waals surface area contributed by atoms with Crippen LogP contribution in [0.2, 0.25) is 0 Å². The predicted octanol–water partition coefficient (Wildman–Crippen LogP) is 2.12. The summed E-state index contributed by atoms with van der Waals surface area (Å²) in [7, 11) is 0. The molecule has 5 nitrogen and oxygen atoms in total. The fourth-order valence-corrected chi connectivity index (χ4v) is 1.55. The smallest absolute Gasteiger partial charge is 0.363 e. The number of hydrogen-bond donors (Lipinski definition) is 1. The fraction of sp³-hybridized carbons (Fsp3) is 0.300. The van der Waals surface area contributed by atoms with Crippen LogP contribution in [-0.2, 0) is 0 Å². The monoisotopic (exact) mass is 205 g/mol. The van der Waals surface area contributed by atoms with E-state index in [0.29, 0.717) is 6.04 Å². The Morgan fingerprint density at radius 1 is 1.40 bits per heavy atom. The average molecular weight is 205 g/mol. The maximum atomic E-state index is 10.4. The quantitative estimate of drug-likeness (QED) is 0.466. The lowest BCUT2D eigenvalue weighted by molar-refractivity contribution is -0.389. The van der Waals surface area contributed by atoms with E-state index in [1.54, 1.807) is 6.07 Å². The Morgan fingerprint density at radius 2 is 2.13 bits per heavy atom. The molecule has 1 aliphatic carbocycles. The SMILES string of the molecule is O=[N+]([O-])c1ccc(NC2CC=CC2)cn1. The molecule has 5 heteroatoms. The molecule has 1 heterocycles. The number of hydrogen-bond acceptors (Lipinski definition) is 4. The maximum Gasteiger partial charge on any atom is 0.363 e. The molecular weight excluding hydrogens is 194 g/mol. The molecule has 2 rings (SSSR count). The van der Waals surface area contributed by atoms with Gasteiger partial charge in [0, 0.05) is 12.1 Å². The summed E-state index contributed by atoms with van der Waals surface area (Å²) in [5.41, 5.74) is 0.828. The molecule has 0 fully saturated rings. The third-order valence-corrected chi connectivity index (χ3v) is 2.31. The molecule has 0 amide bonds. The molecule has 0 radical (unpaired) electrons. The van der Waals surface area contributed by atoms with E-state index in [1.165, 1.54) is 12.3 Å². The van der Waals surface area contributed by atoms with Crippen LogP contribution in [0.4, 0.5) is 11.5 Å². The second kappa shape index (κ2) is 4.08. The van der Waals surface area contributed by atoms with Crippen molar-refractivity contribution >= 4 is 11.5 Å². The highest BCUT2D eigenvalue weighted by molar-refractivity contribution is 5.44. The lowest BCUT2D eigenvalue weighted by Crippen LogP contribution is -2.14. The van der Waals surface area contributed by atoms with Gasteiger partial charge >= 0.3 is 5.82 Å². The first kappa shape index (κ1) is 9.64. The lowest BCUT2D eigenvalue weighted by Gasteiger charge is -2.11. The average Bonchev–Trinajstić information content (AvgIpc) is 2.71. The van der Waals surface area contributed by atoms with Crippen molar-refractivity contribution in [3.8, 4) is 0 Å². The summed E-state index contributed by atoms with van der Waals surface area (Å²) >= 11 is 0. The van der Waals surface area contributed by atoms with Gasteiger partial charge in [0.2, 0.25) is 0 Å². The summed E-state index contributed by atoms with van der Waals surface area (Å²) in [4.78, 5) is 13.6. The van der Waals surface area contributed by atoms with Gasteiger partial charge in [-0.25, -0.2) is 0 Å². The Kier molecular flexibility index (Phi) is 2.62. The molecule has 1 aliphatic rings. The predicted molar refractivity (Wildman–Crippen MR) is 56.7 cm³/mol. The van der Waals surface area contributed by atoms with Gasteiger partial charge in [0.15, 0.2) is 6.20 Å². The van der Waals surface area contributed by atoms with Crippen LogP contribution in [0.5, 0.6) is 0 Å². The Morgan fingerprint density at radius 3 is 2.67 bits per heavy atom. The molecule has 0 aliphatic heterocycles. The molecule has 15 heavy (non-hydrogen) atoms. The number of anilines is 1. The van der Waals surface area contributed by atoms with E-state index in [0.717, 1.165) is 18.5 Å². The zero-order valence-electron chi connectivity index (χ0n) is 8.09. The molecule has 1 aromatic heterocycles. The molecule has 1 aromatic rings. The van der Waals surface area contributed by atoms with Gasteiger partial charge in [0.25, 0.3) is 0 Å². The third kappa shape index (κ3) is 2.31. The van der Waals surface area contributed by atoms with Gasteiger partial charge < -0.3 is 15.4 Å². The topological polar surface area (TPSA) is 68.1 Å². The summed E-state index contributed by atoms with van der Waals surface area (Å²) in [6.07, 6.45) is 7.73. The van der Waals surface area contributed by atoms with E-state index in [1.807, 2.05) is 0 Å². The Balaban J connectivity index is 2.00. The zero-order chi connectivity index (χ0) is 10.7. The molecule has 0 spiro atoms. The van der Waals surface area contributed by atoms with Crippen molar-refractivity contribution in [2.24, 2.45) is 0 Å². The minimum Gasteiger partial charge on any atom is -0.379 e. The Labute approximate surface area is 87.0 Å². The van der Waals surface area contributed by atoms with Crippen LogP contribution in [0, 0.1) is 10.1 Å². The largest absolute Gasteiger partial charge is 0.379 e. The van der Waals surface area contributed by atoms with Crippen LogP contribution in [-0.4, -0.2) is 15.9 Å². The van der Waals surface area contributed by atoms with Crippen LogP contribution in [0.1, 0.15) is 12.8 Å². The number of pyridine rings is 1. The van der Waals surface area contributed by atoms with Gasteiger partial charge in [-0.2, -0.15) is 0 Å².